The molecule has 0 aromatic carbocycles. The van der Waals surface area contributed by atoms with Crippen molar-refractivity contribution in [2.45, 2.75) is 65.1 Å². The van der Waals surface area contributed by atoms with Crippen molar-refractivity contribution >= 4 is 5.97 Å². The lowest BCUT2D eigenvalue weighted by atomic mass is 9.83. The van der Waals surface area contributed by atoms with Crippen LogP contribution in [0.15, 0.2) is 0 Å². The summed E-state index contributed by atoms with van der Waals surface area (Å²) in [4.78, 5) is 16.9. The van der Waals surface area contributed by atoms with Crippen LogP contribution in [0.3, 0.4) is 0 Å². The van der Waals surface area contributed by atoms with E-state index >= 15 is 0 Å². The van der Waals surface area contributed by atoms with Gasteiger partial charge in [-0.1, -0.05) is 27.2 Å². The Morgan fingerprint density at radius 2 is 2.06 bits per heavy atom. The van der Waals surface area contributed by atoms with Gasteiger partial charge in [-0.2, -0.15) is 0 Å². The van der Waals surface area contributed by atoms with Crippen LogP contribution in [0.1, 0.15) is 53.4 Å². The molecule has 0 spiro atoms. The molecule has 0 aromatic heterocycles. The highest BCUT2D eigenvalue weighted by Gasteiger charge is 2.41. The fraction of sp³-hybridized carbons (Fsp3) is 0.923. The van der Waals surface area contributed by atoms with Gasteiger partial charge in [0.25, 0.3) is 0 Å². The first-order chi connectivity index (χ1) is 7.92. The van der Waals surface area contributed by atoms with Crippen LogP contribution >= 0.6 is 0 Å². The minimum atomic E-state index is -1.01. The monoisotopic (exact) mass is 243 g/mol. The van der Waals surface area contributed by atoms with Crippen molar-refractivity contribution in [2.24, 2.45) is 17.7 Å². The highest BCUT2D eigenvalue weighted by atomic mass is 16.7. The van der Waals surface area contributed by atoms with E-state index in [1.165, 1.54) is 0 Å². The van der Waals surface area contributed by atoms with Crippen LogP contribution in [-0.4, -0.2) is 17.7 Å². The van der Waals surface area contributed by atoms with Crippen LogP contribution in [0.4, 0.5) is 0 Å². The largest absolute Gasteiger partial charge is 0.460 e. The molecule has 4 nitrogen and oxygen atoms in total. The molecule has 100 valence electrons. The number of hydrogen-bond donors (Lipinski definition) is 1. The van der Waals surface area contributed by atoms with Gasteiger partial charge in [0, 0.05) is 0 Å². The van der Waals surface area contributed by atoms with Crippen LogP contribution in [0.2, 0.25) is 0 Å². The first kappa shape index (κ1) is 14.5. The van der Waals surface area contributed by atoms with Gasteiger partial charge in [-0.25, -0.2) is 10.7 Å². The lowest BCUT2D eigenvalue weighted by Gasteiger charge is -2.30. The molecule has 0 aliphatic heterocycles. The molecule has 0 radical (unpaired) electrons. The van der Waals surface area contributed by atoms with Crippen molar-refractivity contribution in [3.63, 3.8) is 0 Å². The van der Waals surface area contributed by atoms with E-state index in [9.17, 15) is 4.79 Å². The highest BCUT2D eigenvalue weighted by molar-refractivity contribution is 5.79. The lowest BCUT2D eigenvalue weighted by Crippen LogP contribution is -2.44. The van der Waals surface area contributed by atoms with Crippen LogP contribution in [0.5, 0.6) is 0 Å². The maximum Gasteiger partial charge on any atom is 0.340 e. The third kappa shape index (κ3) is 3.96. The molecular weight excluding hydrogens is 218 g/mol. The van der Waals surface area contributed by atoms with Crippen molar-refractivity contribution in [3.05, 3.63) is 0 Å². The van der Waals surface area contributed by atoms with Crippen LogP contribution in [0, 0.1) is 11.8 Å². The minimum Gasteiger partial charge on any atom is -0.460 e. The summed E-state index contributed by atoms with van der Waals surface area (Å²) in [5.41, 5.74) is -1.01. The number of rotatable bonds is 7. The van der Waals surface area contributed by atoms with Gasteiger partial charge < -0.3 is 4.74 Å². The lowest BCUT2D eigenvalue weighted by molar-refractivity contribution is -0.175. The number of esters is 1. The van der Waals surface area contributed by atoms with E-state index in [2.05, 4.69) is 20.8 Å². The molecule has 1 rings (SSSR count). The second kappa shape index (κ2) is 5.83. The molecule has 0 heterocycles. The van der Waals surface area contributed by atoms with Gasteiger partial charge >= 0.3 is 5.97 Å². The normalized spacial score (nSPS) is 21.1. The molecule has 0 amide bonds. The molecule has 4 heteroatoms. The Balaban J connectivity index is 2.61. The molecule has 1 fully saturated rings. The minimum absolute atomic E-state index is 0.0936. The van der Waals surface area contributed by atoms with Crippen molar-refractivity contribution in [2.75, 3.05) is 0 Å². The molecule has 1 aliphatic carbocycles. The first-order valence-corrected chi connectivity index (χ1v) is 6.52. The number of nitrogens with two attached hydrogens (primary N) is 1. The third-order valence-corrected chi connectivity index (χ3v) is 3.61. The van der Waals surface area contributed by atoms with E-state index in [1.807, 2.05) is 0 Å². The van der Waals surface area contributed by atoms with Gasteiger partial charge in [0.1, 0.15) is 6.10 Å². The average molecular weight is 243 g/mol. The number of ether oxygens (including phenoxy) is 1. The maximum atomic E-state index is 12.0. The molecule has 2 atom stereocenters. The molecular formula is C13H25NO3. The Morgan fingerprint density at radius 1 is 1.47 bits per heavy atom. The first-order valence-electron chi connectivity index (χ1n) is 6.52. The van der Waals surface area contributed by atoms with E-state index in [-0.39, 0.29) is 12.1 Å². The fourth-order valence-corrected chi connectivity index (χ4v) is 1.99. The Hall–Kier alpha value is -0.610. The van der Waals surface area contributed by atoms with Gasteiger partial charge in [0.15, 0.2) is 5.60 Å². The van der Waals surface area contributed by atoms with Crippen molar-refractivity contribution in [1.29, 1.82) is 0 Å². The predicted molar refractivity (Wildman–Crippen MR) is 66.0 cm³/mol. The zero-order valence-electron chi connectivity index (χ0n) is 11.4. The van der Waals surface area contributed by atoms with Gasteiger partial charge in [-0.05, 0) is 38.0 Å². The molecule has 2 unspecified atom stereocenters. The Kier molecular flexibility index (Phi) is 4.95. The molecule has 2 N–H and O–H groups in total. The van der Waals surface area contributed by atoms with Gasteiger partial charge in [0.2, 0.25) is 0 Å². The third-order valence-electron chi connectivity index (χ3n) is 3.61. The van der Waals surface area contributed by atoms with E-state index < -0.39 is 5.60 Å². The van der Waals surface area contributed by atoms with E-state index in [0.717, 1.165) is 19.3 Å². The van der Waals surface area contributed by atoms with Crippen LogP contribution in [-0.2, 0) is 14.4 Å². The molecule has 0 bridgehead atoms. The quantitative estimate of drug-likeness (QED) is 0.551. The van der Waals surface area contributed by atoms with E-state index in [1.54, 1.807) is 6.92 Å². The fourth-order valence-electron chi connectivity index (χ4n) is 1.99. The molecule has 1 saturated carbocycles. The zero-order valence-corrected chi connectivity index (χ0v) is 11.4. The summed E-state index contributed by atoms with van der Waals surface area (Å²) in [6.07, 6.45) is 3.65. The summed E-state index contributed by atoms with van der Waals surface area (Å²) in [5.74, 6) is 5.90. The SMILES string of the molecule is CCC(CC(C)(ON)C(=O)OC1CC1)C(C)C. The molecule has 0 aromatic rings. The van der Waals surface area contributed by atoms with Crippen molar-refractivity contribution in [3.8, 4) is 0 Å². The number of carbonyl (C=O) groups is 1. The second-order valence-corrected chi connectivity index (χ2v) is 5.57. The summed E-state index contributed by atoms with van der Waals surface area (Å²) in [7, 11) is 0. The smallest absolute Gasteiger partial charge is 0.340 e. The Morgan fingerprint density at radius 3 is 2.41 bits per heavy atom. The Labute approximate surface area is 104 Å². The Bertz CT molecular complexity index is 263. The van der Waals surface area contributed by atoms with Crippen LogP contribution in [0.25, 0.3) is 0 Å². The summed E-state index contributed by atoms with van der Waals surface area (Å²) < 4.78 is 5.30. The van der Waals surface area contributed by atoms with Crippen molar-refractivity contribution in [1.82, 2.24) is 0 Å². The van der Waals surface area contributed by atoms with Gasteiger partial charge in [0.05, 0.1) is 0 Å². The van der Waals surface area contributed by atoms with E-state index in [0.29, 0.717) is 18.3 Å². The predicted octanol–water partition coefficient (Wildman–Crippen LogP) is 2.41. The summed E-state index contributed by atoms with van der Waals surface area (Å²) in [5, 5.41) is 0. The summed E-state index contributed by atoms with van der Waals surface area (Å²) in [6.45, 7) is 8.14. The average Bonchev–Trinajstić information content (AvgIpc) is 3.08. The molecule has 17 heavy (non-hydrogen) atoms. The second-order valence-electron chi connectivity index (χ2n) is 5.57. The number of carbonyl (C=O) groups excluding carboxylic acids is 1. The van der Waals surface area contributed by atoms with Gasteiger partial charge in [-0.3, -0.25) is 4.84 Å². The molecule has 0 saturated heterocycles. The van der Waals surface area contributed by atoms with E-state index in [4.69, 9.17) is 15.5 Å². The zero-order chi connectivity index (χ0) is 13.1. The summed E-state index contributed by atoms with van der Waals surface area (Å²) >= 11 is 0. The summed E-state index contributed by atoms with van der Waals surface area (Å²) in [6, 6.07) is 0. The maximum absolute atomic E-state index is 12.0. The van der Waals surface area contributed by atoms with Crippen molar-refractivity contribution < 1.29 is 14.4 Å². The standard InChI is InChI=1S/C13H25NO3/c1-5-10(9(2)3)8-13(4,17-14)12(15)16-11-6-7-11/h9-11H,5-8,14H2,1-4H3. The molecule has 1 aliphatic rings. The topological polar surface area (TPSA) is 61.5 Å². The van der Waals surface area contributed by atoms with Gasteiger partial charge in [-0.15, -0.1) is 0 Å². The van der Waals surface area contributed by atoms with Crippen LogP contribution < -0.4 is 5.90 Å². The highest BCUT2D eigenvalue weighted by Crippen LogP contribution is 2.31. The number of hydrogen-bond acceptors (Lipinski definition) is 4.